The van der Waals surface area contributed by atoms with Crippen molar-refractivity contribution in [1.82, 2.24) is 24.7 Å². The Morgan fingerprint density at radius 2 is 2.05 bits per heavy atom. The first-order valence-corrected chi connectivity index (χ1v) is 7.05. The van der Waals surface area contributed by atoms with E-state index in [1.165, 1.54) is 11.8 Å². The van der Waals surface area contributed by atoms with Crippen LogP contribution in [0, 0.1) is 0 Å². The van der Waals surface area contributed by atoms with E-state index in [4.69, 9.17) is 0 Å². The fraction of sp³-hybridized carbons (Fsp3) is 0.500. The van der Waals surface area contributed by atoms with Gasteiger partial charge in [-0.25, -0.2) is 19.6 Å². The third-order valence-corrected chi connectivity index (χ3v) is 3.70. The Kier molecular flexibility index (Phi) is 4.36. The first-order valence-electron chi connectivity index (χ1n) is 6.24. The molecule has 0 atom stereocenters. The molecule has 19 heavy (non-hydrogen) atoms. The van der Waals surface area contributed by atoms with Crippen LogP contribution in [0.2, 0.25) is 0 Å². The molecular weight excluding hydrogens is 260 g/mol. The highest BCUT2D eigenvalue weighted by molar-refractivity contribution is 7.99. The third-order valence-electron chi connectivity index (χ3n) is 2.63. The van der Waals surface area contributed by atoms with Gasteiger partial charge in [0.05, 0.1) is 0 Å². The molecule has 0 aliphatic carbocycles. The lowest BCUT2D eigenvalue weighted by atomic mass is 10.1. The molecule has 6 nitrogen and oxygen atoms in total. The summed E-state index contributed by atoms with van der Waals surface area (Å²) in [6.45, 7) is 7.17. The van der Waals surface area contributed by atoms with Gasteiger partial charge >= 0.3 is 0 Å². The Bertz CT molecular complexity index is 551. The van der Waals surface area contributed by atoms with Gasteiger partial charge in [0.25, 0.3) is 0 Å². The molecule has 0 saturated carbocycles. The highest BCUT2D eigenvalue weighted by atomic mass is 32.2. The molecule has 0 unspecified atom stereocenters. The average Bonchev–Trinajstić information content (AvgIpc) is 2.75. The Balaban J connectivity index is 2.39. The largest absolute Gasteiger partial charge is 0.370 e. The maximum atomic E-state index is 4.39. The van der Waals surface area contributed by atoms with Crippen LogP contribution in [0.5, 0.6) is 0 Å². The van der Waals surface area contributed by atoms with Crippen LogP contribution in [0.25, 0.3) is 0 Å². The van der Waals surface area contributed by atoms with Gasteiger partial charge in [-0.05, 0) is 24.6 Å². The summed E-state index contributed by atoms with van der Waals surface area (Å²) in [5, 5.41) is 9.11. The molecule has 0 radical (unpaired) electrons. The van der Waals surface area contributed by atoms with Crippen LogP contribution in [0.1, 0.15) is 32.3 Å². The molecule has 0 saturated heterocycles. The standard InChI is InChI=1S/C12H18N6S/c1-5-13-10-9(8(2)3)11(15-6-14-10)19-12-16-7-17-18(12)4/h6-8H,5H2,1-4H3,(H,13,14,15). The maximum Gasteiger partial charge on any atom is 0.192 e. The lowest BCUT2D eigenvalue weighted by Gasteiger charge is -2.15. The van der Waals surface area contributed by atoms with Gasteiger partial charge in [-0.1, -0.05) is 13.8 Å². The van der Waals surface area contributed by atoms with Crippen LogP contribution in [0.3, 0.4) is 0 Å². The molecule has 0 fully saturated rings. The van der Waals surface area contributed by atoms with E-state index in [2.05, 4.69) is 46.1 Å². The lowest BCUT2D eigenvalue weighted by molar-refractivity contribution is 0.683. The smallest absolute Gasteiger partial charge is 0.192 e. The molecule has 1 N–H and O–H groups in total. The van der Waals surface area contributed by atoms with Crippen molar-refractivity contribution in [2.75, 3.05) is 11.9 Å². The first kappa shape index (κ1) is 13.8. The Morgan fingerprint density at radius 3 is 2.63 bits per heavy atom. The predicted octanol–water partition coefficient (Wildman–Crippen LogP) is 2.31. The van der Waals surface area contributed by atoms with Crippen molar-refractivity contribution < 1.29 is 0 Å². The summed E-state index contributed by atoms with van der Waals surface area (Å²) in [4.78, 5) is 12.9. The van der Waals surface area contributed by atoms with Crippen molar-refractivity contribution in [3.05, 3.63) is 18.2 Å². The van der Waals surface area contributed by atoms with E-state index in [0.717, 1.165) is 28.1 Å². The molecule has 2 aromatic heterocycles. The quantitative estimate of drug-likeness (QED) is 0.846. The van der Waals surface area contributed by atoms with Crippen LogP contribution >= 0.6 is 11.8 Å². The van der Waals surface area contributed by atoms with Crippen molar-refractivity contribution in [3.8, 4) is 0 Å². The number of nitrogens with one attached hydrogen (secondary N) is 1. The molecule has 0 aliphatic heterocycles. The minimum atomic E-state index is 0.339. The molecule has 0 aromatic carbocycles. The van der Waals surface area contributed by atoms with Gasteiger partial charge in [0, 0.05) is 19.2 Å². The third kappa shape index (κ3) is 3.04. The minimum absolute atomic E-state index is 0.339. The zero-order valence-corrected chi connectivity index (χ0v) is 12.4. The molecule has 2 aromatic rings. The normalized spacial score (nSPS) is 11.0. The average molecular weight is 278 g/mol. The number of hydrogen-bond donors (Lipinski definition) is 1. The number of rotatable bonds is 5. The van der Waals surface area contributed by atoms with Gasteiger partial charge in [-0.3, -0.25) is 0 Å². The maximum absolute atomic E-state index is 4.39. The van der Waals surface area contributed by atoms with E-state index >= 15 is 0 Å². The Labute approximate surface area is 117 Å². The van der Waals surface area contributed by atoms with Gasteiger partial charge in [0.2, 0.25) is 0 Å². The van der Waals surface area contributed by atoms with Crippen molar-refractivity contribution in [1.29, 1.82) is 0 Å². The van der Waals surface area contributed by atoms with Gasteiger partial charge < -0.3 is 5.32 Å². The van der Waals surface area contributed by atoms with E-state index in [-0.39, 0.29) is 0 Å². The molecule has 7 heteroatoms. The second-order valence-corrected chi connectivity index (χ2v) is 5.35. The fourth-order valence-corrected chi connectivity index (χ4v) is 2.75. The van der Waals surface area contributed by atoms with E-state index in [1.54, 1.807) is 17.3 Å². The molecule has 0 bridgehead atoms. The zero-order chi connectivity index (χ0) is 13.8. The lowest BCUT2D eigenvalue weighted by Crippen LogP contribution is -2.07. The fourth-order valence-electron chi connectivity index (χ4n) is 1.75. The summed E-state index contributed by atoms with van der Waals surface area (Å²) in [5.41, 5.74) is 1.12. The minimum Gasteiger partial charge on any atom is -0.370 e. The van der Waals surface area contributed by atoms with Crippen LogP contribution in [-0.4, -0.2) is 31.3 Å². The first-order chi connectivity index (χ1) is 9.13. The summed E-state index contributed by atoms with van der Waals surface area (Å²) in [6.07, 6.45) is 3.13. The molecule has 2 rings (SSSR count). The van der Waals surface area contributed by atoms with Crippen molar-refractivity contribution in [3.63, 3.8) is 0 Å². The highest BCUT2D eigenvalue weighted by Crippen LogP contribution is 2.34. The topological polar surface area (TPSA) is 68.5 Å². The van der Waals surface area contributed by atoms with Crippen molar-refractivity contribution in [2.24, 2.45) is 7.05 Å². The van der Waals surface area contributed by atoms with Gasteiger partial charge in [-0.2, -0.15) is 5.10 Å². The number of aryl methyl sites for hydroxylation is 1. The highest BCUT2D eigenvalue weighted by Gasteiger charge is 2.17. The van der Waals surface area contributed by atoms with Crippen LogP contribution < -0.4 is 5.32 Å². The van der Waals surface area contributed by atoms with E-state index < -0.39 is 0 Å². The van der Waals surface area contributed by atoms with Crippen LogP contribution in [-0.2, 0) is 7.05 Å². The molecule has 2 heterocycles. The summed E-state index contributed by atoms with van der Waals surface area (Å²) in [7, 11) is 1.87. The summed E-state index contributed by atoms with van der Waals surface area (Å²) in [6, 6.07) is 0. The Morgan fingerprint density at radius 1 is 1.26 bits per heavy atom. The van der Waals surface area contributed by atoms with E-state index in [1.807, 2.05) is 7.05 Å². The Hall–Kier alpha value is -1.63. The van der Waals surface area contributed by atoms with E-state index in [0.29, 0.717) is 5.92 Å². The number of aromatic nitrogens is 5. The molecule has 0 aliphatic rings. The predicted molar refractivity (Wildman–Crippen MR) is 75.4 cm³/mol. The van der Waals surface area contributed by atoms with Crippen LogP contribution in [0.15, 0.2) is 22.8 Å². The van der Waals surface area contributed by atoms with Gasteiger partial charge in [0.1, 0.15) is 23.5 Å². The number of hydrogen-bond acceptors (Lipinski definition) is 6. The zero-order valence-electron chi connectivity index (χ0n) is 11.6. The second kappa shape index (κ2) is 6.01. The molecular formula is C12H18N6S. The van der Waals surface area contributed by atoms with E-state index in [9.17, 15) is 0 Å². The summed E-state index contributed by atoms with van der Waals surface area (Å²) >= 11 is 1.51. The SMILES string of the molecule is CCNc1ncnc(Sc2ncnn2C)c1C(C)C. The molecule has 0 amide bonds. The van der Waals surface area contributed by atoms with Crippen molar-refractivity contribution in [2.45, 2.75) is 36.9 Å². The number of nitrogens with zero attached hydrogens (tertiary/aromatic N) is 5. The van der Waals surface area contributed by atoms with Crippen molar-refractivity contribution >= 4 is 17.6 Å². The van der Waals surface area contributed by atoms with Gasteiger partial charge in [0.15, 0.2) is 5.16 Å². The molecule has 102 valence electrons. The summed E-state index contributed by atoms with van der Waals surface area (Å²) < 4.78 is 1.74. The molecule has 0 spiro atoms. The number of anilines is 1. The monoisotopic (exact) mass is 278 g/mol. The second-order valence-electron chi connectivity index (χ2n) is 4.39. The summed E-state index contributed by atoms with van der Waals surface area (Å²) in [5.74, 6) is 1.24. The van der Waals surface area contributed by atoms with Gasteiger partial charge in [-0.15, -0.1) is 0 Å². The van der Waals surface area contributed by atoms with Crippen LogP contribution in [0.4, 0.5) is 5.82 Å².